The molecule has 1 heterocycles. The van der Waals surface area contributed by atoms with Gasteiger partial charge in [0.15, 0.2) is 11.5 Å². The summed E-state index contributed by atoms with van der Waals surface area (Å²) in [6.45, 7) is 0. The maximum absolute atomic E-state index is 12.0. The van der Waals surface area contributed by atoms with Crippen molar-refractivity contribution in [2.75, 3.05) is 24.7 Å². The van der Waals surface area contributed by atoms with Crippen LogP contribution in [-0.2, 0) is 0 Å². The van der Waals surface area contributed by atoms with E-state index in [0.29, 0.717) is 5.56 Å². The molecule has 114 valence electrons. The minimum Gasteiger partial charge on any atom is -0.382 e. The van der Waals surface area contributed by atoms with E-state index in [1.807, 2.05) is 25.1 Å². The molecule has 0 bridgehead atoms. The molecule has 8 nitrogen and oxygen atoms in total. The summed E-state index contributed by atoms with van der Waals surface area (Å²) in [5.74, 6) is -1.09. The van der Waals surface area contributed by atoms with Crippen molar-refractivity contribution >= 4 is 23.3 Å². The number of rotatable bonds is 3. The third-order valence-electron chi connectivity index (χ3n) is 2.86. The van der Waals surface area contributed by atoms with Gasteiger partial charge >= 0.3 is 0 Å². The Kier molecular flexibility index (Phi) is 4.52. The van der Waals surface area contributed by atoms with Crippen LogP contribution in [0.2, 0.25) is 0 Å². The van der Waals surface area contributed by atoms with Crippen LogP contribution < -0.4 is 21.5 Å². The number of amides is 2. The molecule has 22 heavy (non-hydrogen) atoms. The number of nitrogens with two attached hydrogens (primary N) is 1. The molecule has 1 aromatic heterocycles. The second-order valence-electron chi connectivity index (χ2n) is 4.64. The highest BCUT2D eigenvalue weighted by atomic mass is 16.2. The number of aromatic nitrogens is 2. The summed E-state index contributed by atoms with van der Waals surface area (Å²) in [6, 6.07) is 6.98. The van der Waals surface area contributed by atoms with E-state index < -0.39 is 11.8 Å². The lowest BCUT2D eigenvalue weighted by molar-refractivity contribution is 0.0844. The number of nitrogens with one attached hydrogen (secondary N) is 2. The number of hydrazine groups is 1. The largest absolute Gasteiger partial charge is 0.382 e. The molecule has 0 saturated heterocycles. The van der Waals surface area contributed by atoms with Crippen LogP contribution >= 0.6 is 0 Å². The van der Waals surface area contributed by atoms with E-state index in [9.17, 15) is 9.59 Å². The van der Waals surface area contributed by atoms with E-state index in [2.05, 4.69) is 20.8 Å². The van der Waals surface area contributed by atoms with Crippen LogP contribution in [0.3, 0.4) is 0 Å². The average Bonchev–Trinajstić information content (AvgIpc) is 2.52. The lowest BCUT2D eigenvalue weighted by Crippen LogP contribution is -2.42. The Morgan fingerprint density at radius 3 is 2.45 bits per heavy atom. The summed E-state index contributed by atoms with van der Waals surface area (Å²) in [6.07, 6.45) is 2.71. The van der Waals surface area contributed by atoms with Gasteiger partial charge in [-0.15, -0.1) is 0 Å². The van der Waals surface area contributed by atoms with E-state index in [4.69, 9.17) is 5.73 Å². The fourth-order valence-corrected chi connectivity index (χ4v) is 1.69. The summed E-state index contributed by atoms with van der Waals surface area (Å²) < 4.78 is 0. The van der Waals surface area contributed by atoms with Crippen molar-refractivity contribution in [3.63, 3.8) is 0 Å². The van der Waals surface area contributed by atoms with Crippen LogP contribution in [0.5, 0.6) is 0 Å². The maximum atomic E-state index is 12.0. The predicted molar refractivity (Wildman–Crippen MR) is 82.1 cm³/mol. The molecule has 2 rings (SSSR count). The number of hydrogen-bond donors (Lipinski definition) is 3. The fourth-order valence-electron chi connectivity index (χ4n) is 1.69. The average molecular weight is 300 g/mol. The minimum atomic E-state index is -0.636. The van der Waals surface area contributed by atoms with Crippen LogP contribution in [-0.4, -0.2) is 35.9 Å². The van der Waals surface area contributed by atoms with E-state index >= 15 is 0 Å². The molecule has 0 unspecified atom stereocenters. The Morgan fingerprint density at radius 1 is 1.09 bits per heavy atom. The number of carbonyl (C=O) groups excluding carboxylic acids is 2. The normalized spacial score (nSPS) is 9.91. The molecule has 1 aromatic carbocycles. The van der Waals surface area contributed by atoms with Gasteiger partial charge < -0.3 is 10.6 Å². The van der Waals surface area contributed by atoms with E-state index in [1.54, 1.807) is 18.2 Å². The van der Waals surface area contributed by atoms with E-state index in [-0.39, 0.29) is 11.5 Å². The first-order chi connectivity index (χ1) is 10.5. The van der Waals surface area contributed by atoms with Crippen molar-refractivity contribution in [1.82, 2.24) is 20.8 Å². The van der Waals surface area contributed by atoms with Gasteiger partial charge in [0.1, 0.15) is 0 Å². The van der Waals surface area contributed by atoms with Gasteiger partial charge in [0.05, 0.1) is 0 Å². The van der Waals surface area contributed by atoms with Crippen LogP contribution in [0.15, 0.2) is 36.7 Å². The second-order valence-corrected chi connectivity index (χ2v) is 4.64. The van der Waals surface area contributed by atoms with Gasteiger partial charge in [-0.3, -0.25) is 20.4 Å². The Labute approximate surface area is 127 Å². The fraction of sp³-hybridized carbons (Fsp3) is 0.143. The topological polar surface area (TPSA) is 113 Å². The van der Waals surface area contributed by atoms with Crippen LogP contribution in [0.1, 0.15) is 20.8 Å². The maximum Gasteiger partial charge on any atom is 0.292 e. The molecular weight excluding hydrogens is 284 g/mol. The molecular formula is C14H16N6O2. The van der Waals surface area contributed by atoms with Gasteiger partial charge in [-0.2, -0.15) is 0 Å². The van der Waals surface area contributed by atoms with Gasteiger partial charge in [-0.1, -0.05) is 6.07 Å². The Hall–Kier alpha value is -3.16. The zero-order valence-corrected chi connectivity index (χ0v) is 12.2. The summed E-state index contributed by atoms with van der Waals surface area (Å²) >= 11 is 0. The van der Waals surface area contributed by atoms with Crippen molar-refractivity contribution in [2.45, 2.75) is 0 Å². The molecule has 0 aliphatic rings. The smallest absolute Gasteiger partial charge is 0.292 e. The predicted octanol–water partition coefficient (Wildman–Crippen LogP) is 0.200. The molecule has 0 radical (unpaired) electrons. The molecule has 0 spiro atoms. The molecule has 0 atom stereocenters. The third kappa shape index (κ3) is 3.48. The third-order valence-corrected chi connectivity index (χ3v) is 2.86. The molecule has 0 fully saturated rings. The number of anilines is 2. The Balaban J connectivity index is 2.03. The monoisotopic (exact) mass is 300 g/mol. The number of hydrogen-bond acceptors (Lipinski definition) is 6. The van der Waals surface area contributed by atoms with Crippen molar-refractivity contribution in [2.24, 2.45) is 0 Å². The molecule has 0 aliphatic heterocycles. The molecule has 2 amide bonds. The van der Waals surface area contributed by atoms with Gasteiger partial charge in [0, 0.05) is 37.7 Å². The summed E-state index contributed by atoms with van der Waals surface area (Å²) in [4.78, 5) is 33.3. The number of nitrogen functional groups attached to an aromatic ring is 1. The standard InChI is InChI=1S/C14H16N6O2/c1-20(2)10-5-3-4-9(8-10)13(21)18-19-14(22)11-12(15)17-7-6-16-11/h3-8H,1-2H3,(H2,15,17)(H,18,21)(H,19,22). The van der Waals surface area contributed by atoms with Crippen LogP contribution in [0.25, 0.3) is 0 Å². The first-order valence-electron chi connectivity index (χ1n) is 6.43. The number of benzene rings is 1. The van der Waals surface area contributed by atoms with E-state index in [0.717, 1.165) is 5.69 Å². The van der Waals surface area contributed by atoms with Crippen LogP contribution in [0, 0.1) is 0 Å². The SMILES string of the molecule is CN(C)c1cccc(C(=O)NNC(=O)c2nccnc2N)c1. The summed E-state index contributed by atoms with van der Waals surface area (Å²) in [5.41, 5.74) is 11.3. The molecule has 2 aromatic rings. The lowest BCUT2D eigenvalue weighted by Gasteiger charge is -2.13. The molecule has 0 saturated carbocycles. The Morgan fingerprint density at radius 2 is 1.77 bits per heavy atom. The first-order valence-corrected chi connectivity index (χ1v) is 6.43. The highest BCUT2D eigenvalue weighted by molar-refractivity contribution is 6.00. The second kappa shape index (κ2) is 6.53. The highest BCUT2D eigenvalue weighted by Crippen LogP contribution is 2.13. The quantitative estimate of drug-likeness (QED) is 0.698. The van der Waals surface area contributed by atoms with Crippen molar-refractivity contribution in [3.8, 4) is 0 Å². The molecule has 8 heteroatoms. The summed E-state index contributed by atoms with van der Waals surface area (Å²) in [5, 5.41) is 0. The first kappa shape index (κ1) is 15.2. The van der Waals surface area contributed by atoms with Crippen molar-refractivity contribution in [1.29, 1.82) is 0 Å². The number of carbonyl (C=O) groups is 2. The highest BCUT2D eigenvalue weighted by Gasteiger charge is 2.13. The van der Waals surface area contributed by atoms with Gasteiger partial charge in [-0.05, 0) is 18.2 Å². The zero-order chi connectivity index (χ0) is 16.1. The van der Waals surface area contributed by atoms with Crippen LogP contribution in [0.4, 0.5) is 11.5 Å². The van der Waals surface area contributed by atoms with Gasteiger partial charge in [0.25, 0.3) is 11.8 Å². The van der Waals surface area contributed by atoms with Crippen molar-refractivity contribution < 1.29 is 9.59 Å². The Bertz CT molecular complexity index is 701. The van der Waals surface area contributed by atoms with Gasteiger partial charge in [-0.25, -0.2) is 9.97 Å². The molecule has 4 N–H and O–H groups in total. The van der Waals surface area contributed by atoms with Gasteiger partial charge in [0.2, 0.25) is 0 Å². The minimum absolute atomic E-state index is 0.0103. The number of nitrogens with zero attached hydrogens (tertiary/aromatic N) is 3. The van der Waals surface area contributed by atoms with E-state index in [1.165, 1.54) is 12.4 Å². The zero-order valence-electron chi connectivity index (χ0n) is 12.2. The molecule has 0 aliphatic carbocycles. The lowest BCUT2D eigenvalue weighted by atomic mass is 10.2. The van der Waals surface area contributed by atoms with Crippen molar-refractivity contribution in [3.05, 3.63) is 47.9 Å². The summed E-state index contributed by atoms with van der Waals surface area (Å²) in [7, 11) is 3.74.